The van der Waals surface area contributed by atoms with E-state index in [1.807, 2.05) is 49.4 Å². The molecule has 0 spiro atoms. The van der Waals surface area contributed by atoms with Crippen molar-refractivity contribution in [2.24, 2.45) is 0 Å². The Bertz CT molecular complexity index is 825. The molecule has 104 valence electrons. The first-order valence-electron chi connectivity index (χ1n) is 6.56. The Morgan fingerprint density at radius 2 is 1.95 bits per heavy atom. The Labute approximate surface area is 131 Å². The number of amides is 1. The number of carbonyl (C=O) groups is 1. The van der Waals surface area contributed by atoms with Crippen LogP contribution in [0.5, 0.6) is 0 Å². The van der Waals surface area contributed by atoms with E-state index in [9.17, 15) is 4.79 Å². The van der Waals surface area contributed by atoms with E-state index in [1.165, 1.54) is 0 Å². The van der Waals surface area contributed by atoms with Crippen molar-refractivity contribution >= 4 is 38.4 Å². The number of para-hydroxylation sites is 1. The lowest BCUT2D eigenvalue weighted by molar-refractivity contribution is 0.102. The standard InChI is InChI=1S/C17H13BrN2O/c1-11-6-7-12(10-15(11)18)20-17(21)14-8-9-19-16-5-3-2-4-13(14)16/h2-10H,1H3,(H,20,21). The predicted octanol–water partition coefficient (Wildman–Crippen LogP) is 4.56. The van der Waals surface area contributed by atoms with Crippen LogP contribution in [0.4, 0.5) is 5.69 Å². The minimum Gasteiger partial charge on any atom is -0.322 e. The first-order valence-corrected chi connectivity index (χ1v) is 7.36. The van der Waals surface area contributed by atoms with Gasteiger partial charge in [0.05, 0.1) is 11.1 Å². The number of nitrogens with zero attached hydrogens (tertiary/aromatic N) is 1. The summed E-state index contributed by atoms with van der Waals surface area (Å²) in [4.78, 5) is 16.7. The van der Waals surface area contributed by atoms with Crippen molar-refractivity contribution in [1.82, 2.24) is 4.98 Å². The van der Waals surface area contributed by atoms with Crippen LogP contribution in [0.3, 0.4) is 0 Å². The van der Waals surface area contributed by atoms with Gasteiger partial charge in [-0.05, 0) is 36.8 Å². The molecule has 21 heavy (non-hydrogen) atoms. The van der Waals surface area contributed by atoms with Gasteiger partial charge in [-0.15, -0.1) is 0 Å². The number of carbonyl (C=O) groups excluding carboxylic acids is 1. The molecule has 0 aliphatic carbocycles. The van der Waals surface area contributed by atoms with Crippen molar-refractivity contribution < 1.29 is 4.79 Å². The fourth-order valence-corrected chi connectivity index (χ4v) is 2.54. The molecular formula is C17H13BrN2O. The number of halogens is 1. The summed E-state index contributed by atoms with van der Waals surface area (Å²) in [6.45, 7) is 2.01. The summed E-state index contributed by atoms with van der Waals surface area (Å²) in [5, 5.41) is 3.77. The number of rotatable bonds is 2. The molecule has 0 aliphatic heterocycles. The molecule has 1 heterocycles. The fraction of sp³-hybridized carbons (Fsp3) is 0.0588. The van der Waals surface area contributed by atoms with Crippen LogP contribution >= 0.6 is 15.9 Å². The van der Waals surface area contributed by atoms with Crippen LogP contribution < -0.4 is 5.32 Å². The van der Waals surface area contributed by atoms with E-state index in [0.29, 0.717) is 5.56 Å². The van der Waals surface area contributed by atoms with Gasteiger partial charge in [0, 0.05) is 21.7 Å². The summed E-state index contributed by atoms with van der Waals surface area (Å²) >= 11 is 3.47. The molecule has 1 N–H and O–H groups in total. The minimum atomic E-state index is -0.135. The fourth-order valence-electron chi connectivity index (χ4n) is 2.16. The van der Waals surface area contributed by atoms with Gasteiger partial charge >= 0.3 is 0 Å². The maximum Gasteiger partial charge on any atom is 0.256 e. The van der Waals surface area contributed by atoms with Crippen LogP contribution in [-0.2, 0) is 0 Å². The lowest BCUT2D eigenvalue weighted by atomic mass is 10.1. The number of hydrogen-bond acceptors (Lipinski definition) is 2. The number of pyridine rings is 1. The number of anilines is 1. The molecule has 0 aliphatic rings. The van der Waals surface area contributed by atoms with Crippen molar-refractivity contribution in [2.75, 3.05) is 5.32 Å². The Kier molecular flexibility index (Phi) is 3.71. The maximum atomic E-state index is 12.5. The molecule has 0 saturated heterocycles. The summed E-state index contributed by atoms with van der Waals surface area (Å²) < 4.78 is 0.972. The van der Waals surface area contributed by atoms with Gasteiger partial charge in [0.15, 0.2) is 0 Å². The van der Waals surface area contributed by atoms with Crippen LogP contribution in [0, 0.1) is 6.92 Å². The van der Waals surface area contributed by atoms with E-state index >= 15 is 0 Å². The van der Waals surface area contributed by atoms with E-state index in [0.717, 1.165) is 26.6 Å². The molecule has 1 aromatic heterocycles. The molecule has 3 nitrogen and oxygen atoms in total. The highest BCUT2D eigenvalue weighted by Gasteiger charge is 2.10. The maximum absolute atomic E-state index is 12.5. The van der Waals surface area contributed by atoms with Gasteiger partial charge in [0.25, 0.3) is 5.91 Å². The monoisotopic (exact) mass is 340 g/mol. The zero-order chi connectivity index (χ0) is 14.8. The SMILES string of the molecule is Cc1ccc(NC(=O)c2ccnc3ccccc23)cc1Br. The predicted molar refractivity (Wildman–Crippen MR) is 88.6 cm³/mol. The molecule has 1 amide bonds. The Hall–Kier alpha value is -2.20. The largest absolute Gasteiger partial charge is 0.322 e. The van der Waals surface area contributed by atoms with Gasteiger partial charge in [-0.25, -0.2) is 0 Å². The van der Waals surface area contributed by atoms with Crippen molar-refractivity contribution in [2.45, 2.75) is 6.92 Å². The molecule has 3 rings (SSSR count). The van der Waals surface area contributed by atoms with Crippen LogP contribution in [0.25, 0.3) is 10.9 Å². The van der Waals surface area contributed by atoms with Gasteiger partial charge < -0.3 is 5.32 Å². The Morgan fingerprint density at radius 3 is 2.76 bits per heavy atom. The van der Waals surface area contributed by atoms with Crippen molar-refractivity contribution in [3.63, 3.8) is 0 Å². The summed E-state index contributed by atoms with van der Waals surface area (Å²) in [5.74, 6) is -0.135. The Balaban J connectivity index is 1.95. The topological polar surface area (TPSA) is 42.0 Å². The second kappa shape index (κ2) is 5.66. The number of benzene rings is 2. The second-order valence-corrected chi connectivity index (χ2v) is 5.65. The molecule has 0 unspecified atom stereocenters. The van der Waals surface area contributed by atoms with Gasteiger partial charge in [-0.3, -0.25) is 9.78 Å². The third kappa shape index (κ3) is 2.81. The normalized spacial score (nSPS) is 10.6. The molecule has 0 bridgehead atoms. The highest BCUT2D eigenvalue weighted by atomic mass is 79.9. The van der Waals surface area contributed by atoms with E-state index in [2.05, 4.69) is 26.2 Å². The number of aryl methyl sites for hydroxylation is 1. The summed E-state index contributed by atoms with van der Waals surface area (Å²) in [6.07, 6.45) is 1.66. The molecule has 3 aromatic rings. The summed E-state index contributed by atoms with van der Waals surface area (Å²) in [6, 6.07) is 15.1. The molecule has 0 atom stereocenters. The van der Waals surface area contributed by atoms with E-state index in [1.54, 1.807) is 12.3 Å². The number of nitrogens with one attached hydrogen (secondary N) is 1. The van der Waals surface area contributed by atoms with Crippen molar-refractivity contribution in [3.8, 4) is 0 Å². The van der Waals surface area contributed by atoms with Gasteiger partial charge in [0.2, 0.25) is 0 Å². The quantitative estimate of drug-likeness (QED) is 0.743. The lowest BCUT2D eigenvalue weighted by Gasteiger charge is -2.09. The average Bonchev–Trinajstić information content (AvgIpc) is 2.50. The smallest absolute Gasteiger partial charge is 0.256 e. The first-order chi connectivity index (χ1) is 10.1. The zero-order valence-electron chi connectivity index (χ0n) is 11.4. The van der Waals surface area contributed by atoms with Crippen molar-refractivity contribution in [3.05, 3.63) is 70.3 Å². The third-order valence-corrected chi connectivity index (χ3v) is 4.18. The number of fused-ring (bicyclic) bond motifs is 1. The van der Waals surface area contributed by atoms with E-state index < -0.39 is 0 Å². The minimum absolute atomic E-state index is 0.135. The molecular weight excluding hydrogens is 328 g/mol. The van der Waals surface area contributed by atoms with Crippen LogP contribution in [-0.4, -0.2) is 10.9 Å². The molecule has 4 heteroatoms. The highest BCUT2D eigenvalue weighted by molar-refractivity contribution is 9.10. The second-order valence-electron chi connectivity index (χ2n) is 4.79. The molecule has 0 radical (unpaired) electrons. The highest BCUT2D eigenvalue weighted by Crippen LogP contribution is 2.22. The van der Waals surface area contributed by atoms with Crippen molar-refractivity contribution in [1.29, 1.82) is 0 Å². The van der Waals surface area contributed by atoms with Crippen LogP contribution in [0.2, 0.25) is 0 Å². The van der Waals surface area contributed by atoms with Crippen LogP contribution in [0.1, 0.15) is 15.9 Å². The van der Waals surface area contributed by atoms with E-state index in [4.69, 9.17) is 0 Å². The summed E-state index contributed by atoms with van der Waals surface area (Å²) in [5.41, 5.74) is 3.33. The third-order valence-electron chi connectivity index (χ3n) is 3.32. The lowest BCUT2D eigenvalue weighted by Crippen LogP contribution is -2.12. The first kappa shape index (κ1) is 13.8. The van der Waals surface area contributed by atoms with E-state index in [-0.39, 0.29) is 5.91 Å². The van der Waals surface area contributed by atoms with Gasteiger partial charge in [-0.2, -0.15) is 0 Å². The Morgan fingerprint density at radius 1 is 1.14 bits per heavy atom. The van der Waals surface area contributed by atoms with Gasteiger partial charge in [-0.1, -0.05) is 40.2 Å². The van der Waals surface area contributed by atoms with Gasteiger partial charge in [0.1, 0.15) is 0 Å². The summed E-state index contributed by atoms with van der Waals surface area (Å²) in [7, 11) is 0. The average molecular weight is 341 g/mol. The molecule has 2 aromatic carbocycles. The molecule has 0 fully saturated rings. The zero-order valence-corrected chi connectivity index (χ0v) is 13.0. The van der Waals surface area contributed by atoms with Crippen LogP contribution in [0.15, 0.2) is 59.2 Å². The molecule has 0 saturated carbocycles. The number of hydrogen-bond donors (Lipinski definition) is 1. The number of aromatic nitrogens is 1.